The Labute approximate surface area is 258 Å². The van der Waals surface area contributed by atoms with Crippen LogP contribution in [0.4, 0.5) is 0 Å². The smallest absolute Gasteiger partial charge is 0.132 e. The Balaban J connectivity index is 1.99. The molecule has 0 aliphatic carbocycles. The van der Waals surface area contributed by atoms with Crippen LogP contribution in [0.3, 0.4) is 0 Å². The van der Waals surface area contributed by atoms with Gasteiger partial charge in [0.25, 0.3) is 0 Å². The van der Waals surface area contributed by atoms with E-state index in [9.17, 15) is 40.5 Å². The lowest BCUT2D eigenvalue weighted by atomic mass is 9.92. The van der Waals surface area contributed by atoms with Crippen LogP contribution in [0.15, 0.2) is 0 Å². The highest BCUT2D eigenvalue weighted by atomic mass is 32.2. The van der Waals surface area contributed by atoms with Crippen molar-refractivity contribution in [3.8, 4) is 0 Å². The number of thioether (sulfide) groups is 1. The van der Waals surface area contributed by atoms with Crippen LogP contribution in [0.5, 0.6) is 0 Å². The van der Waals surface area contributed by atoms with Gasteiger partial charge in [-0.2, -0.15) is 0 Å². The Morgan fingerprint density at radius 3 is 1.79 bits per heavy atom. The van der Waals surface area contributed by atoms with E-state index in [1.165, 1.54) is 11.8 Å². The number of aliphatic hydroxyl groups is 7. The summed E-state index contributed by atoms with van der Waals surface area (Å²) >= 11 is 1.34. The van der Waals surface area contributed by atoms with Gasteiger partial charge >= 0.3 is 0 Å². The molecule has 9 nitrogen and oxygen atoms in total. The molecular weight excluding hydrogens is 560 g/mol. The lowest BCUT2D eigenvalue weighted by molar-refractivity contribution is -0.205. The van der Waals surface area contributed by atoms with Crippen LogP contribution in [0.1, 0.15) is 136 Å². The quantitative estimate of drug-likeness (QED) is 0.0701. The van der Waals surface area contributed by atoms with Crippen molar-refractivity contribution in [3.05, 3.63) is 0 Å². The number of ketones is 1. The highest BCUT2D eigenvalue weighted by Crippen LogP contribution is 2.30. The van der Waals surface area contributed by atoms with E-state index in [1.807, 2.05) is 13.8 Å². The second-order valence-electron chi connectivity index (χ2n) is 12.6. The van der Waals surface area contributed by atoms with E-state index in [4.69, 9.17) is 4.74 Å². The van der Waals surface area contributed by atoms with E-state index in [-0.39, 0.29) is 12.2 Å². The van der Waals surface area contributed by atoms with Gasteiger partial charge in [-0.25, -0.2) is 0 Å². The largest absolute Gasteiger partial charge is 0.394 e. The number of carbonyl (C=O) groups is 1. The van der Waals surface area contributed by atoms with Gasteiger partial charge in [0.15, 0.2) is 0 Å². The molecule has 1 aliphatic rings. The fourth-order valence-electron chi connectivity index (χ4n) is 5.48. The van der Waals surface area contributed by atoms with Gasteiger partial charge < -0.3 is 40.5 Å². The summed E-state index contributed by atoms with van der Waals surface area (Å²) in [4.78, 5) is 11.3. The molecule has 0 aromatic heterocycles. The number of Topliss-reactive ketones (excluding diaryl/α,β-unsaturated/α-hetero) is 1. The van der Waals surface area contributed by atoms with Gasteiger partial charge in [0.2, 0.25) is 0 Å². The fraction of sp³-hybridized carbons (Fsp3) is 0.969. The lowest BCUT2D eigenvalue weighted by Crippen LogP contribution is -2.57. The molecule has 7 N–H and O–H groups in total. The predicted molar refractivity (Wildman–Crippen MR) is 167 cm³/mol. The van der Waals surface area contributed by atoms with E-state index < -0.39 is 42.1 Å². The monoisotopic (exact) mass is 622 g/mol. The summed E-state index contributed by atoms with van der Waals surface area (Å²) < 4.78 is 5.51. The summed E-state index contributed by atoms with van der Waals surface area (Å²) in [6, 6.07) is 0. The molecule has 0 bridgehead atoms. The molecule has 0 radical (unpaired) electrons. The van der Waals surface area contributed by atoms with Crippen molar-refractivity contribution in [3.63, 3.8) is 0 Å². The molecule has 8 atom stereocenters. The number of hydrogen-bond donors (Lipinski definition) is 7. The molecule has 0 saturated carbocycles. The molecule has 10 heteroatoms. The van der Waals surface area contributed by atoms with E-state index in [0.717, 1.165) is 96.3 Å². The maximum atomic E-state index is 11.3. The number of unbranched alkanes of at least 4 members (excludes halogenated alkanes) is 7. The average Bonchev–Trinajstić information content (AvgIpc) is 2.96. The van der Waals surface area contributed by atoms with Crippen molar-refractivity contribution in [1.82, 2.24) is 0 Å². The van der Waals surface area contributed by atoms with E-state index in [1.54, 1.807) is 0 Å². The first-order chi connectivity index (χ1) is 20.0. The summed E-state index contributed by atoms with van der Waals surface area (Å²) in [5, 5.41) is 70.3. The number of ether oxygens (including phenoxy) is 1. The van der Waals surface area contributed by atoms with Crippen molar-refractivity contribution in [2.24, 2.45) is 0 Å². The molecule has 0 aromatic carbocycles. The summed E-state index contributed by atoms with van der Waals surface area (Å²) in [5.74, 6) is 0.987. The Kier molecular flexibility index (Phi) is 21.8. The molecule has 42 heavy (non-hydrogen) atoms. The zero-order valence-electron chi connectivity index (χ0n) is 26.2. The van der Waals surface area contributed by atoms with Gasteiger partial charge in [-0.3, -0.25) is 4.79 Å². The molecule has 0 amide bonds. The minimum absolute atomic E-state index is 0.260. The van der Waals surface area contributed by atoms with Gasteiger partial charge in [-0.05, 0) is 70.5 Å². The Bertz CT molecular complexity index is 678. The molecule has 0 aromatic rings. The summed E-state index contributed by atoms with van der Waals surface area (Å²) in [5.41, 5.74) is -1.45. The van der Waals surface area contributed by atoms with Crippen LogP contribution in [0, 0.1) is 0 Å². The Morgan fingerprint density at radius 2 is 1.26 bits per heavy atom. The zero-order valence-corrected chi connectivity index (χ0v) is 27.1. The lowest BCUT2D eigenvalue weighted by Gasteiger charge is -2.39. The number of aliphatic hydroxyl groups excluding tert-OH is 6. The normalized spacial score (nSPS) is 25.7. The van der Waals surface area contributed by atoms with Crippen LogP contribution in [-0.4, -0.2) is 102 Å². The number of rotatable bonds is 26. The first-order valence-electron chi connectivity index (χ1n) is 16.5. The van der Waals surface area contributed by atoms with Crippen molar-refractivity contribution in [1.29, 1.82) is 0 Å². The highest BCUT2D eigenvalue weighted by Gasteiger charge is 2.43. The Hall–Kier alpha value is -0.300. The van der Waals surface area contributed by atoms with Crippen LogP contribution in [0.25, 0.3) is 0 Å². The van der Waals surface area contributed by atoms with E-state index >= 15 is 0 Å². The molecule has 1 rings (SSSR count). The van der Waals surface area contributed by atoms with Gasteiger partial charge in [-0.15, -0.1) is 11.8 Å². The predicted octanol–water partition coefficient (Wildman–Crippen LogP) is 3.99. The third-order valence-corrected chi connectivity index (χ3v) is 9.70. The number of carbonyl (C=O) groups excluding carboxylic acids is 1. The van der Waals surface area contributed by atoms with Crippen molar-refractivity contribution < 1.29 is 45.3 Å². The van der Waals surface area contributed by atoms with Crippen molar-refractivity contribution >= 4 is 17.5 Å². The minimum Gasteiger partial charge on any atom is -0.394 e. The molecule has 1 aliphatic heterocycles. The van der Waals surface area contributed by atoms with Crippen molar-refractivity contribution in [2.75, 3.05) is 12.4 Å². The minimum atomic E-state index is -1.35. The third kappa shape index (κ3) is 17.9. The topological polar surface area (TPSA) is 168 Å². The molecule has 0 spiro atoms. The van der Waals surface area contributed by atoms with Crippen LogP contribution >= 0.6 is 11.8 Å². The second-order valence-corrected chi connectivity index (χ2v) is 13.8. The molecular formula is C32H62O9S. The van der Waals surface area contributed by atoms with Crippen LogP contribution in [-0.2, 0) is 9.53 Å². The van der Waals surface area contributed by atoms with E-state index in [0.29, 0.717) is 37.2 Å². The third-order valence-electron chi connectivity index (χ3n) is 8.45. The van der Waals surface area contributed by atoms with Gasteiger partial charge in [0.05, 0.1) is 24.4 Å². The average molecular weight is 623 g/mol. The fourth-order valence-corrected chi connectivity index (χ4v) is 6.66. The second kappa shape index (κ2) is 23.1. The maximum absolute atomic E-state index is 11.3. The number of hydrogen-bond acceptors (Lipinski definition) is 10. The van der Waals surface area contributed by atoms with Crippen LogP contribution < -0.4 is 0 Å². The van der Waals surface area contributed by atoms with E-state index in [2.05, 4.69) is 0 Å². The molecule has 1 fully saturated rings. The summed E-state index contributed by atoms with van der Waals surface area (Å²) in [7, 11) is 0. The summed E-state index contributed by atoms with van der Waals surface area (Å²) in [6.45, 7) is 3.33. The summed E-state index contributed by atoms with van der Waals surface area (Å²) in [6.07, 6.45) is 10.8. The molecule has 250 valence electrons. The standard InChI is InChI=1S/C32H62O9S/c1-3-24(34)15-7-4-8-16-25(35)17-9-5-10-18-26(36)19-11-6-12-20-32(2,40)21-13-14-22-42-31-30(39)29(38)28(37)27(23-33)41-31/h25-31,33,35-40H,3-23H2,1-2H3. The van der Waals surface area contributed by atoms with Gasteiger partial charge in [0, 0.05) is 12.8 Å². The zero-order chi connectivity index (χ0) is 31.4. The van der Waals surface area contributed by atoms with Gasteiger partial charge in [-0.1, -0.05) is 58.3 Å². The molecule has 1 heterocycles. The highest BCUT2D eigenvalue weighted by molar-refractivity contribution is 7.99. The van der Waals surface area contributed by atoms with Crippen LogP contribution in [0.2, 0.25) is 0 Å². The first-order valence-corrected chi connectivity index (χ1v) is 17.6. The molecule has 8 unspecified atom stereocenters. The first kappa shape index (κ1) is 39.7. The Morgan fingerprint density at radius 1 is 0.762 bits per heavy atom. The maximum Gasteiger partial charge on any atom is 0.132 e. The molecule has 1 saturated heterocycles. The van der Waals surface area contributed by atoms with Gasteiger partial charge in [0.1, 0.15) is 35.6 Å². The SMILES string of the molecule is CCC(=O)CCCCCC(O)CCCCCC(O)CCCCCC(C)(O)CCCCSC1OC(CO)C(O)C(O)C1O. The van der Waals surface area contributed by atoms with Crippen molar-refractivity contribution in [2.45, 2.75) is 184 Å².